The Morgan fingerprint density at radius 3 is 2.07 bits per heavy atom. The summed E-state index contributed by atoms with van der Waals surface area (Å²) in [5, 5.41) is 9.18. The van der Waals surface area contributed by atoms with Gasteiger partial charge in [0.15, 0.2) is 5.69 Å². The van der Waals surface area contributed by atoms with Crippen LogP contribution in [0.25, 0.3) is 16.8 Å². The molecule has 1 aliphatic rings. The summed E-state index contributed by atoms with van der Waals surface area (Å²) in [6.45, 7) is 11.1. The SMILES string of the molecule is CC(C)(C)OC(=O)NCc1cccc(-n2nc(C(F)(F)F)cc2C(=O)Nc2cccc(C(c3ccc(-c4ccccc4)cc3)N(CC3CC3)C(=O)OC(C)(C)C)c2)c1. The van der Waals surface area contributed by atoms with E-state index >= 15 is 0 Å². The Morgan fingerprint density at radius 1 is 0.776 bits per heavy atom. The monoisotopic (exact) mass is 795 g/mol. The molecular weight excluding hydrogens is 748 g/mol. The molecule has 1 unspecified atom stereocenters. The number of benzene rings is 4. The van der Waals surface area contributed by atoms with Gasteiger partial charge < -0.3 is 20.1 Å². The summed E-state index contributed by atoms with van der Waals surface area (Å²) in [7, 11) is 0. The quantitative estimate of drug-likeness (QED) is 0.138. The number of nitrogens with one attached hydrogen (secondary N) is 2. The molecule has 4 aromatic carbocycles. The van der Waals surface area contributed by atoms with Gasteiger partial charge in [0.1, 0.15) is 16.9 Å². The number of halogens is 3. The van der Waals surface area contributed by atoms with E-state index in [-0.39, 0.29) is 17.9 Å². The van der Waals surface area contributed by atoms with Crippen LogP contribution >= 0.6 is 0 Å². The summed E-state index contributed by atoms with van der Waals surface area (Å²) in [6.07, 6.45) is -4.03. The zero-order valence-corrected chi connectivity index (χ0v) is 33.4. The number of anilines is 1. The number of nitrogens with zero attached hydrogens (tertiary/aromatic N) is 3. The molecule has 0 aliphatic heterocycles. The molecule has 304 valence electrons. The average Bonchev–Trinajstić information content (AvgIpc) is 3.85. The molecule has 1 aliphatic carbocycles. The maximum Gasteiger partial charge on any atom is 0.435 e. The zero-order valence-electron chi connectivity index (χ0n) is 33.4. The Morgan fingerprint density at radius 2 is 1.43 bits per heavy atom. The first kappa shape index (κ1) is 41.5. The molecule has 0 radical (unpaired) electrons. The number of hydrogen-bond acceptors (Lipinski definition) is 6. The standard InChI is InChI=1S/C45H48F3N5O5/c1-43(2,3)57-41(55)49-27-30-12-10-17-36(24-30)53-37(26-38(51-53)45(46,47)48)40(54)50-35-16-11-15-34(25-35)39(52(28-29-18-19-29)42(56)58-44(4,5)6)33-22-20-32(21-23-33)31-13-8-7-9-14-31/h7-17,20-26,29,39H,18-19,27-28H2,1-6H3,(H,49,55)(H,50,54). The van der Waals surface area contributed by atoms with Gasteiger partial charge in [0.2, 0.25) is 0 Å². The molecule has 1 heterocycles. The van der Waals surface area contributed by atoms with Crippen LogP contribution in [0.4, 0.5) is 28.4 Å². The largest absolute Gasteiger partial charge is 0.444 e. The molecule has 13 heteroatoms. The molecule has 1 aromatic heterocycles. The maximum absolute atomic E-state index is 14.1. The van der Waals surface area contributed by atoms with Gasteiger partial charge in [-0.3, -0.25) is 9.69 Å². The second-order valence-corrected chi connectivity index (χ2v) is 16.4. The van der Waals surface area contributed by atoms with E-state index in [4.69, 9.17) is 9.47 Å². The Balaban J connectivity index is 1.33. The summed E-state index contributed by atoms with van der Waals surface area (Å²) >= 11 is 0. The Hall–Kier alpha value is -6.11. The maximum atomic E-state index is 14.1. The molecule has 6 rings (SSSR count). The van der Waals surface area contributed by atoms with Crippen LogP contribution in [0.2, 0.25) is 0 Å². The number of alkyl carbamates (subject to hydrolysis) is 1. The van der Waals surface area contributed by atoms with Crippen molar-refractivity contribution in [2.75, 3.05) is 11.9 Å². The lowest BCUT2D eigenvalue weighted by Gasteiger charge is -2.34. The van der Waals surface area contributed by atoms with Crippen LogP contribution in [-0.4, -0.2) is 50.5 Å². The van der Waals surface area contributed by atoms with Crippen molar-refractivity contribution in [3.63, 3.8) is 0 Å². The van der Waals surface area contributed by atoms with Crippen LogP contribution in [0.3, 0.4) is 0 Å². The fourth-order valence-electron chi connectivity index (χ4n) is 6.37. The Bertz CT molecular complexity index is 2240. The first-order chi connectivity index (χ1) is 27.3. The van der Waals surface area contributed by atoms with Gasteiger partial charge in [-0.05, 0) is 112 Å². The van der Waals surface area contributed by atoms with E-state index in [0.29, 0.717) is 35.3 Å². The first-order valence-corrected chi connectivity index (χ1v) is 19.1. The van der Waals surface area contributed by atoms with Crippen LogP contribution in [0.1, 0.15) is 93.3 Å². The third kappa shape index (κ3) is 11.0. The first-order valence-electron chi connectivity index (χ1n) is 19.1. The highest BCUT2D eigenvalue weighted by Crippen LogP contribution is 2.38. The lowest BCUT2D eigenvalue weighted by atomic mass is 9.94. The summed E-state index contributed by atoms with van der Waals surface area (Å²) in [5.74, 6) is -0.542. The summed E-state index contributed by atoms with van der Waals surface area (Å²) in [6, 6.07) is 31.1. The van der Waals surface area contributed by atoms with Gasteiger partial charge in [-0.2, -0.15) is 18.3 Å². The highest BCUT2D eigenvalue weighted by Gasteiger charge is 2.37. The van der Waals surface area contributed by atoms with E-state index in [0.717, 1.165) is 34.2 Å². The van der Waals surface area contributed by atoms with Crippen molar-refractivity contribution in [1.29, 1.82) is 0 Å². The van der Waals surface area contributed by atoms with Crippen molar-refractivity contribution in [2.24, 2.45) is 5.92 Å². The molecule has 0 bridgehead atoms. The van der Waals surface area contributed by atoms with Gasteiger partial charge in [0.05, 0.1) is 11.7 Å². The second kappa shape index (κ2) is 16.8. The number of carbonyl (C=O) groups excluding carboxylic acids is 3. The predicted octanol–water partition coefficient (Wildman–Crippen LogP) is 10.6. The van der Waals surface area contributed by atoms with Gasteiger partial charge in [-0.25, -0.2) is 14.3 Å². The zero-order chi connectivity index (χ0) is 41.8. The third-order valence-electron chi connectivity index (χ3n) is 9.11. The molecule has 10 nitrogen and oxygen atoms in total. The predicted molar refractivity (Wildman–Crippen MR) is 215 cm³/mol. The van der Waals surface area contributed by atoms with Gasteiger partial charge in [-0.15, -0.1) is 0 Å². The van der Waals surface area contributed by atoms with Gasteiger partial charge in [-0.1, -0.05) is 78.9 Å². The van der Waals surface area contributed by atoms with E-state index in [1.165, 1.54) is 12.1 Å². The number of aromatic nitrogens is 2. The number of rotatable bonds is 11. The van der Waals surface area contributed by atoms with E-state index in [9.17, 15) is 27.6 Å². The number of ether oxygens (including phenoxy) is 2. The molecule has 3 amide bonds. The van der Waals surface area contributed by atoms with Crippen molar-refractivity contribution in [3.8, 4) is 16.8 Å². The molecule has 0 saturated heterocycles. The summed E-state index contributed by atoms with van der Waals surface area (Å²) in [5.41, 5.74) is 1.39. The third-order valence-corrected chi connectivity index (χ3v) is 9.11. The van der Waals surface area contributed by atoms with Crippen LogP contribution < -0.4 is 10.6 Å². The van der Waals surface area contributed by atoms with E-state index in [1.807, 2.05) is 81.4 Å². The summed E-state index contributed by atoms with van der Waals surface area (Å²) < 4.78 is 54.3. The minimum atomic E-state index is -4.84. The fourth-order valence-corrected chi connectivity index (χ4v) is 6.37. The lowest BCUT2D eigenvalue weighted by molar-refractivity contribution is -0.141. The van der Waals surface area contributed by atoms with Crippen molar-refractivity contribution in [3.05, 3.63) is 137 Å². The highest BCUT2D eigenvalue weighted by molar-refractivity contribution is 6.03. The van der Waals surface area contributed by atoms with E-state index < -0.39 is 47.2 Å². The molecule has 5 aromatic rings. The van der Waals surface area contributed by atoms with Gasteiger partial charge in [0, 0.05) is 24.8 Å². The normalized spacial score (nSPS) is 13.7. The molecule has 1 saturated carbocycles. The lowest BCUT2D eigenvalue weighted by Crippen LogP contribution is -2.41. The number of carbonyl (C=O) groups is 3. The smallest absolute Gasteiger partial charge is 0.435 e. The molecule has 2 N–H and O–H groups in total. The van der Waals surface area contributed by atoms with Crippen LogP contribution in [0, 0.1) is 5.92 Å². The van der Waals surface area contributed by atoms with Crippen molar-refractivity contribution < 1.29 is 37.0 Å². The fraction of sp³-hybridized carbons (Fsp3) is 0.333. The number of alkyl halides is 3. The Labute approximate surface area is 336 Å². The Kier molecular flexibility index (Phi) is 12.0. The second-order valence-electron chi connectivity index (χ2n) is 16.4. The minimum Gasteiger partial charge on any atom is -0.444 e. The van der Waals surface area contributed by atoms with Crippen LogP contribution in [0.15, 0.2) is 109 Å². The highest BCUT2D eigenvalue weighted by atomic mass is 19.4. The van der Waals surface area contributed by atoms with Gasteiger partial charge in [0.25, 0.3) is 5.91 Å². The molecule has 1 fully saturated rings. The van der Waals surface area contributed by atoms with Crippen LogP contribution in [-0.2, 0) is 22.2 Å². The van der Waals surface area contributed by atoms with Crippen molar-refractivity contribution in [2.45, 2.75) is 84.3 Å². The molecule has 1 atom stereocenters. The number of amides is 3. The van der Waals surface area contributed by atoms with E-state index in [2.05, 4.69) is 15.7 Å². The van der Waals surface area contributed by atoms with Gasteiger partial charge >= 0.3 is 18.4 Å². The van der Waals surface area contributed by atoms with Crippen molar-refractivity contribution >= 4 is 23.8 Å². The van der Waals surface area contributed by atoms with Crippen LogP contribution in [0.5, 0.6) is 0 Å². The molecular formula is C45H48F3N5O5. The van der Waals surface area contributed by atoms with Crippen molar-refractivity contribution in [1.82, 2.24) is 20.0 Å². The molecule has 58 heavy (non-hydrogen) atoms. The van der Waals surface area contributed by atoms with E-state index in [1.54, 1.807) is 56.0 Å². The minimum absolute atomic E-state index is 0.0156. The number of hydrogen-bond donors (Lipinski definition) is 2. The average molecular weight is 796 g/mol. The molecule has 0 spiro atoms. The summed E-state index contributed by atoms with van der Waals surface area (Å²) in [4.78, 5) is 41.9. The topological polar surface area (TPSA) is 115 Å².